The number of hydrogen-bond acceptors (Lipinski definition) is 2. The zero-order valence-corrected chi connectivity index (χ0v) is 16.9. The van der Waals surface area contributed by atoms with Crippen LogP contribution in [-0.4, -0.2) is 9.78 Å². The Bertz CT molecular complexity index is 1030. The second-order valence-corrected chi connectivity index (χ2v) is 7.39. The van der Waals surface area contributed by atoms with Crippen LogP contribution in [0.15, 0.2) is 91.1 Å². The number of hydrogen-bond donors (Lipinski definition) is 0. The summed E-state index contributed by atoms with van der Waals surface area (Å²) < 4.78 is 8.11. The third kappa shape index (κ3) is 5.14. The predicted molar refractivity (Wildman–Crippen MR) is 118 cm³/mol. The standard InChI is InChI=1S/C25H23ClN2O/c26-23-13-11-22(12-14-23)24-17-27-28(16-15-20-7-3-1-4-8-20)25(24)19-29-18-21-9-5-2-6-10-21/h1-14,17H,15-16,18-19H2. The van der Waals surface area contributed by atoms with Crippen LogP contribution in [0, 0.1) is 0 Å². The van der Waals surface area contributed by atoms with E-state index < -0.39 is 0 Å². The molecule has 29 heavy (non-hydrogen) atoms. The van der Waals surface area contributed by atoms with Gasteiger partial charge in [-0.05, 0) is 35.2 Å². The minimum absolute atomic E-state index is 0.502. The molecule has 0 spiro atoms. The summed E-state index contributed by atoms with van der Waals surface area (Å²) in [6.45, 7) is 1.88. The first kappa shape index (κ1) is 19.4. The monoisotopic (exact) mass is 402 g/mol. The van der Waals surface area contributed by atoms with Crippen LogP contribution in [0.4, 0.5) is 0 Å². The van der Waals surface area contributed by atoms with E-state index in [2.05, 4.69) is 46.2 Å². The summed E-state index contributed by atoms with van der Waals surface area (Å²) in [6.07, 6.45) is 2.85. The molecular formula is C25H23ClN2O. The molecule has 3 nitrogen and oxygen atoms in total. The smallest absolute Gasteiger partial charge is 0.0895 e. The Morgan fingerprint density at radius 2 is 1.41 bits per heavy atom. The Kier molecular flexibility index (Phi) is 6.40. The van der Waals surface area contributed by atoms with Gasteiger partial charge >= 0.3 is 0 Å². The Morgan fingerprint density at radius 1 is 0.759 bits per heavy atom. The molecule has 3 aromatic carbocycles. The lowest BCUT2D eigenvalue weighted by Gasteiger charge is -2.11. The van der Waals surface area contributed by atoms with Crippen molar-refractivity contribution in [2.75, 3.05) is 0 Å². The number of rotatable bonds is 8. The minimum Gasteiger partial charge on any atom is -0.370 e. The topological polar surface area (TPSA) is 27.1 Å². The lowest BCUT2D eigenvalue weighted by Crippen LogP contribution is -2.09. The first-order valence-electron chi connectivity index (χ1n) is 9.76. The molecular weight excluding hydrogens is 380 g/mol. The molecule has 1 heterocycles. The molecule has 0 saturated heterocycles. The fourth-order valence-electron chi connectivity index (χ4n) is 3.35. The molecule has 0 radical (unpaired) electrons. The molecule has 0 aliphatic rings. The summed E-state index contributed by atoms with van der Waals surface area (Å²) in [6, 6.07) is 28.6. The molecule has 1 aromatic heterocycles. The SMILES string of the molecule is Clc1ccc(-c2cnn(CCc3ccccc3)c2COCc2ccccc2)cc1. The number of aryl methyl sites for hydroxylation is 2. The molecule has 4 rings (SSSR count). The quantitative estimate of drug-likeness (QED) is 0.352. The number of nitrogens with zero attached hydrogens (tertiary/aromatic N) is 2. The highest BCUT2D eigenvalue weighted by molar-refractivity contribution is 6.30. The first-order valence-corrected chi connectivity index (χ1v) is 10.1. The van der Waals surface area contributed by atoms with Gasteiger partial charge in [0.05, 0.1) is 25.1 Å². The normalized spacial score (nSPS) is 10.9. The summed E-state index contributed by atoms with van der Waals surface area (Å²) in [5.74, 6) is 0. The Hall–Kier alpha value is -2.88. The van der Waals surface area contributed by atoms with Crippen molar-refractivity contribution in [1.29, 1.82) is 0 Å². The molecule has 4 heteroatoms. The summed E-state index contributed by atoms with van der Waals surface area (Å²) in [7, 11) is 0. The van der Waals surface area contributed by atoms with E-state index in [0.29, 0.717) is 13.2 Å². The number of halogens is 1. The van der Waals surface area contributed by atoms with Crippen LogP contribution in [0.2, 0.25) is 5.02 Å². The van der Waals surface area contributed by atoms with Crippen molar-refractivity contribution in [2.24, 2.45) is 0 Å². The van der Waals surface area contributed by atoms with Gasteiger partial charge in [-0.15, -0.1) is 0 Å². The molecule has 0 N–H and O–H groups in total. The molecule has 0 aliphatic carbocycles. The summed E-state index contributed by atoms with van der Waals surface area (Å²) in [5.41, 5.74) is 5.73. The fraction of sp³-hybridized carbons (Fsp3) is 0.160. The molecule has 0 fully saturated rings. The lowest BCUT2D eigenvalue weighted by atomic mass is 10.1. The van der Waals surface area contributed by atoms with Crippen molar-refractivity contribution in [1.82, 2.24) is 9.78 Å². The Morgan fingerprint density at radius 3 is 2.10 bits per heavy atom. The van der Waals surface area contributed by atoms with Gasteiger partial charge in [0.15, 0.2) is 0 Å². The minimum atomic E-state index is 0.502. The van der Waals surface area contributed by atoms with Crippen molar-refractivity contribution in [2.45, 2.75) is 26.2 Å². The summed E-state index contributed by atoms with van der Waals surface area (Å²) in [5, 5.41) is 5.39. The van der Waals surface area contributed by atoms with Crippen LogP contribution < -0.4 is 0 Å². The van der Waals surface area contributed by atoms with Crippen LogP contribution in [-0.2, 0) is 30.9 Å². The van der Waals surface area contributed by atoms with Gasteiger partial charge in [0.25, 0.3) is 0 Å². The van der Waals surface area contributed by atoms with Crippen molar-refractivity contribution >= 4 is 11.6 Å². The van der Waals surface area contributed by atoms with E-state index in [9.17, 15) is 0 Å². The Balaban J connectivity index is 1.54. The molecule has 0 unspecified atom stereocenters. The zero-order valence-electron chi connectivity index (χ0n) is 16.2. The van der Waals surface area contributed by atoms with Crippen molar-refractivity contribution < 1.29 is 4.74 Å². The second-order valence-electron chi connectivity index (χ2n) is 6.95. The predicted octanol–water partition coefficient (Wildman–Crippen LogP) is 6.16. The van der Waals surface area contributed by atoms with E-state index in [1.165, 1.54) is 5.56 Å². The highest BCUT2D eigenvalue weighted by Crippen LogP contribution is 2.26. The molecule has 0 aliphatic heterocycles. The maximum Gasteiger partial charge on any atom is 0.0895 e. The first-order chi connectivity index (χ1) is 14.3. The fourth-order valence-corrected chi connectivity index (χ4v) is 3.47. The molecule has 0 atom stereocenters. The van der Waals surface area contributed by atoms with Crippen LogP contribution in [0.1, 0.15) is 16.8 Å². The largest absolute Gasteiger partial charge is 0.370 e. The van der Waals surface area contributed by atoms with Gasteiger partial charge < -0.3 is 4.74 Å². The van der Waals surface area contributed by atoms with Crippen molar-refractivity contribution in [3.63, 3.8) is 0 Å². The zero-order chi connectivity index (χ0) is 19.9. The average molecular weight is 403 g/mol. The van der Waals surface area contributed by atoms with E-state index in [1.54, 1.807) is 0 Å². The molecule has 146 valence electrons. The van der Waals surface area contributed by atoms with Gasteiger partial charge in [0.1, 0.15) is 0 Å². The van der Waals surface area contributed by atoms with Gasteiger partial charge in [0.2, 0.25) is 0 Å². The average Bonchev–Trinajstić information content (AvgIpc) is 3.17. The summed E-state index contributed by atoms with van der Waals surface area (Å²) in [4.78, 5) is 0. The van der Waals surface area contributed by atoms with E-state index in [1.807, 2.05) is 54.7 Å². The third-order valence-electron chi connectivity index (χ3n) is 4.91. The number of benzene rings is 3. The molecule has 4 aromatic rings. The van der Waals surface area contributed by atoms with Crippen LogP contribution in [0.25, 0.3) is 11.1 Å². The van der Waals surface area contributed by atoms with Gasteiger partial charge in [0, 0.05) is 17.1 Å². The lowest BCUT2D eigenvalue weighted by molar-refractivity contribution is 0.101. The number of ether oxygens (including phenoxy) is 1. The number of aromatic nitrogens is 2. The van der Waals surface area contributed by atoms with E-state index in [0.717, 1.165) is 40.4 Å². The Labute approximate surface area is 176 Å². The summed E-state index contributed by atoms with van der Waals surface area (Å²) >= 11 is 6.07. The van der Waals surface area contributed by atoms with Gasteiger partial charge in [-0.2, -0.15) is 5.10 Å². The molecule has 0 amide bonds. The maximum absolute atomic E-state index is 6.07. The van der Waals surface area contributed by atoms with Crippen LogP contribution >= 0.6 is 11.6 Å². The van der Waals surface area contributed by atoms with Gasteiger partial charge in [-0.1, -0.05) is 84.4 Å². The maximum atomic E-state index is 6.07. The van der Waals surface area contributed by atoms with Gasteiger partial charge in [-0.25, -0.2) is 0 Å². The second kappa shape index (κ2) is 9.55. The third-order valence-corrected chi connectivity index (χ3v) is 5.16. The van der Waals surface area contributed by atoms with Crippen LogP contribution in [0.5, 0.6) is 0 Å². The van der Waals surface area contributed by atoms with E-state index in [4.69, 9.17) is 16.3 Å². The van der Waals surface area contributed by atoms with E-state index >= 15 is 0 Å². The highest BCUT2D eigenvalue weighted by atomic mass is 35.5. The van der Waals surface area contributed by atoms with Gasteiger partial charge in [-0.3, -0.25) is 4.68 Å². The molecule has 0 bridgehead atoms. The molecule has 0 saturated carbocycles. The van der Waals surface area contributed by atoms with Crippen molar-refractivity contribution in [3.8, 4) is 11.1 Å². The van der Waals surface area contributed by atoms with E-state index in [-0.39, 0.29) is 0 Å². The highest BCUT2D eigenvalue weighted by Gasteiger charge is 2.13. The van der Waals surface area contributed by atoms with Crippen LogP contribution in [0.3, 0.4) is 0 Å². The van der Waals surface area contributed by atoms with Crippen molar-refractivity contribution in [3.05, 3.63) is 113 Å².